The lowest BCUT2D eigenvalue weighted by Crippen LogP contribution is -2.23. The highest BCUT2D eigenvalue weighted by molar-refractivity contribution is 5.00. The van der Waals surface area contributed by atoms with Crippen LogP contribution in [-0.4, -0.2) is 31.5 Å². The minimum absolute atomic E-state index is 0.0122. The summed E-state index contributed by atoms with van der Waals surface area (Å²) in [5.41, 5.74) is 5.36. The van der Waals surface area contributed by atoms with Crippen LogP contribution < -0.4 is 5.73 Å². The predicted molar refractivity (Wildman–Crippen MR) is 39.3 cm³/mol. The molecule has 0 aliphatic heterocycles. The van der Waals surface area contributed by atoms with Gasteiger partial charge in [-0.3, -0.25) is 0 Å². The molecule has 0 radical (unpaired) electrons. The highest BCUT2D eigenvalue weighted by Crippen LogP contribution is 1.81. The molecule has 0 aromatic carbocycles. The van der Waals surface area contributed by atoms with Gasteiger partial charge < -0.3 is 15.6 Å². The molecule has 0 saturated heterocycles. The smallest absolute Gasteiger partial charge is 0.107 e. The van der Waals surface area contributed by atoms with E-state index in [1.165, 1.54) is 0 Å². The van der Waals surface area contributed by atoms with Gasteiger partial charge in [0.15, 0.2) is 0 Å². The van der Waals surface area contributed by atoms with Gasteiger partial charge >= 0.3 is 0 Å². The fourth-order valence-electron chi connectivity index (χ4n) is 0.391. The number of aliphatic hydroxyl groups excluding tert-OH is 1. The molecule has 1 atom stereocenters. The minimum atomic E-state index is -0.218. The van der Waals surface area contributed by atoms with E-state index < -0.39 is 0 Å². The zero-order chi connectivity index (χ0) is 7.82. The van der Waals surface area contributed by atoms with Crippen molar-refractivity contribution in [1.29, 1.82) is 0 Å². The van der Waals surface area contributed by atoms with E-state index >= 15 is 0 Å². The topological polar surface area (TPSA) is 55.5 Å². The maximum atomic E-state index is 8.47. The molecule has 0 bridgehead atoms. The number of aliphatic hydroxyl groups is 1. The molecule has 0 heterocycles. The molecule has 0 fully saturated rings. The summed E-state index contributed by atoms with van der Waals surface area (Å²) >= 11 is 0. The van der Waals surface area contributed by atoms with Gasteiger partial charge in [0.05, 0.1) is 6.61 Å². The maximum Gasteiger partial charge on any atom is 0.107 e. The molecule has 0 aliphatic rings. The molecule has 0 saturated carbocycles. The molecule has 1 unspecified atom stereocenters. The predicted octanol–water partition coefficient (Wildman–Crippen LogP) is -0.654. The number of nitrogens with two attached hydrogens (primary N) is 1. The summed E-state index contributed by atoms with van der Waals surface area (Å²) in [5, 5.41) is 8.47. The molecule has 0 amide bonds. The van der Waals surface area contributed by atoms with Crippen molar-refractivity contribution in [2.75, 3.05) is 20.3 Å². The third-order valence-corrected chi connectivity index (χ3v) is 0.940. The van der Waals surface area contributed by atoms with E-state index in [9.17, 15) is 0 Å². The molecule has 0 aliphatic carbocycles. The second-order valence-corrected chi connectivity index (χ2v) is 1.93. The number of hydrogen-bond donors (Lipinski definition) is 2. The van der Waals surface area contributed by atoms with Gasteiger partial charge in [0.1, 0.15) is 6.61 Å². The highest BCUT2D eigenvalue weighted by Gasteiger charge is 1.93. The molecular weight excluding hydrogens is 130 g/mol. The van der Waals surface area contributed by atoms with Crippen molar-refractivity contribution >= 4 is 0 Å². The van der Waals surface area contributed by atoms with Crippen molar-refractivity contribution in [3.63, 3.8) is 0 Å². The fourth-order valence-corrected chi connectivity index (χ4v) is 0.391. The van der Waals surface area contributed by atoms with Gasteiger partial charge in [-0.1, -0.05) is 11.8 Å². The van der Waals surface area contributed by atoms with Crippen LogP contribution in [0.5, 0.6) is 0 Å². The lowest BCUT2D eigenvalue weighted by Gasteiger charge is -1.99. The van der Waals surface area contributed by atoms with Crippen LogP contribution in [-0.2, 0) is 4.74 Å². The first kappa shape index (κ1) is 9.44. The molecule has 3 nitrogen and oxygen atoms in total. The molecule has 3 heteroatoms. The summed E-state index contributed by atoms with van der Waals surface area (Å²) < 4.78 is 4.68. The zero-order valence-electron chi connectivity index (χ0n) is 6.13. The van der Waals surface area contributed by atoms with E-state index in [4.69, 9.17) is 10.8 Å². The largest absolute Gasteiger partial charge is 0.395 e. The van der Waals surface area contributed by atoms with E-state index in [0.717, 1.165) is 0 Å². The first-order chi connectivity index (χ1) is 4.81. The number of ether oxygens (including phenoxy) is 1. The van der Waals surface area contributed by atoms with Gasteiger partial charge in [-0.05, 0) is 0 Å². The van der Waals surface area contributed by atoms with Crippen LogP contribution in [0.4, 0.5) is 0 Å². The quantitative estimate of drug-likeness (QED) is 0.516. The summed E-state index contributed by atoms with van der Waals surface area (Å²) in [5.74, 6) is 5.51. The van der Waals surface area contributed by atoms with Crippen LogP contribution in [0.15, 0.2) is 0 Å². The Balaban J connectivity index is 3.26. The Kier molecular flexibility index (Phi) is 6.19. The van der Waals surface area contributed by atoms with E-state index in [1.54, 1.807) is 7.11 Å². The van der Waals surface area contributed by atoms with Crippen molar-refractivity contribution < 1.29 is 9.84 Å². The van der Waals surface area contributed by atoms with Gasteiger partial charge in [-0.2, -0.15) is 0 Å². The second-order valence-electron chi connectivity index (χ2n) is 1.93. The summed E-state index contributed by atoms with van der Waals surface area (Å²) in [7, 11) is 1.58. The van der Waals surface area contributed by atoms with Gasteiger partial charge in [0.2, 0.25) is 0 Å². The highest BCUT2D eigenvalue weighted by atomic mass is 16.5. The van der Waals surface area contributed by atoms with Crippen molar-refractivity contribution in [3.8, 4) is 11.8 Å². The van der Waals surface area contributed by atoms with Crippen LogP contribution in [0.2, 0.25) is 0 Å². The lowest BCUT2D eigenvalue weighted by atomic mass is 10.2. The van der Waals surface area contributed by atoms with Crippen LogP contribution >= 0.6 is 0 Å². The standard InChI is InChI=1S/C7H13NO2/c1-10-5-3-2-4-7(8)6-9/h7,9H,4-6,8H2,1H3. The van der Waals surface area contributed by atoms with Crippen molar-refractivity contribution in [3.05, 3.63) is 0 Å². The summed E-state index contributed by atoms with van der Waals surface area (Å²) in [4.78, 5) is 0. The number of hydrogen-bond acceptors (Lipinski definition) is 3. The molecule has 0 rings (SSSR count). The third kappa shape index (κ3) is 5.57. The normalized spacial score (nSPS) is 11.9. The SMILES string of the molecule is COCC#CCC(N)CO. The van der Waals surface area contributed by atoms with Crippen LogP contribution in [0.3, 0.4) is 0 Å². The summed E-state index contributed by atoms with van der Waals surface area (Å²) in [6, 6.07) is -0.218. The van der Waals surface area contributed by atoms with E-state index in [1.807, 2.05) is 0 Å². The van der Waals surface area contributed by atoms with Gasteiger partial charge in [-0.15, -0.1) is 0 Å². The molecule has 10 heavy (non-hydrogen) atoms. The minimum Gasteiger partial charge on any atom is -0.395 e. The summed E-state index contributed by atoms with van der Waals surface area (Å²) in [6.45, 7) is 0.416. The zero-order valence-corrected chi connectivity index (χ0v) is 6.13. The van der Waals surface area contributed by atoms with Gasteiger partial charge in [0.25, 0.3) is 0 Å². The Hall–Kier alpha value is -0.560. The molecule has 0 aromatic heterocycles. The Bertz CT molecular complexity index is 125. The molecule has 3 N–H and O–H groups in total. The first-order valence-electron chi connectivity index (χ1n) is 3.12. The average Bonchev–Trinajstić information content (AvgIpc) is 1.98. The third-order valence-electron chi connectivity index (χ3n) is 0.940. The summed E-state index contributed by atoms with van der Waals surface area (Å²) in [6.07, 6.45) is 0.528. The second kappa shape index (κ2) is 6.56. The molecular formula is C7H13NO2. The van der Waals surface area contributed by atoms with Gasteiger partial charge in [0, 0.05) is 19.6 Å². The van der Waals surface area contributed by atoms with Crippen LogP contribution in [0, 0.1) is 11.8 Å². The molecule has 58 valence electrons. The first-order valence-corrected chi connectivity index (χ1v) is 3.12. The van der Waals surface area contributed by atoms with Crippen LogP contribution in [0.1, 0.15) is 6.42 Å². The Morgan fingerprint density at radius 2 is 2.30 bits per heavy atom. The van der Waals surface area contributed by atoms with E-state index in [2.05, 4.69) is 16.6 Å². The van der Waals surface area contributed by atoms with Crippen molar-refractivity contribution in [1.82, 2.24) is 0 Å². The van der Waals surface area contributed by atoms with Crippen molar-refractivity contribution in [2.45, 2.75) is 12.5 Å². The van der Waals surface area contributed by atoms with Crippen LogP contribution in [0.25, 0.3) is 0 Å². The Labute approximate surface area is 61.2 Å². The monoisotopic (exact) mass is 143 g/mol. The average molecular weight is 143 g/mol. The number of methoxy groups -OCH3 is 1. The van der Waals surface area contributed by atoms with E-state index in [0.29, 0.717) is 13.0 Å². The lowest BCUT2D eigenvalue weighted by molar-refractivity contribution is 0.239. The van der Waals surface area contributed by atoms with Crippen molar-refractivity contribution in [2.24, 2.45) is 5.73 Å². The molecule has 0 aromatic rings. The molecule has 0 spiro atoms. The Morgan fingerprint density at radius 1 is 1.60 bits per heavy atom. The fraction of sp³-hybridized carbons (Fsp3) is 0.714. The Morgan fingerprint density at radius 3 is 2.80 bits per heavy atom. The number of rotatable bonds is 3. The van der Waals surface area contributed by atoms with Gasteiger partial charge in [-0.25, -0.2) is 0 Å². The maximum absolute atomic E-state index is 8.47. The van der Waals surface area contributed by atoms with E-state index in [-0.39, 0.29) is 12.6 Å².